The van der Waals surface area contributed by atoms with Gasteiger partial charge in [0.25, 0.3) is 0 Å². The lowest BCUT2D eigenvalue weighted by Gasteiger charge is -2.21. The topological polar surface area (TPSA) is 66.0 Å². The van der Waals surface area contributed by atoms with Crippen LogP contribution < -0.4 is 5.73 Å². The fourth-order valence-electron chi connectivity index (χ4n) is 2.69. The second-order valence-electron chi connectivity index (χ2n) is 6.25. The fraction of sp³-hybridized carbons (Fsp3) is 0.412. The van der Waals surface area contributed by atoms with Crippen LogP contribution in [0, 0.1) is 0 Å². The van der Waals surface area contributed by atoms with Crippen molar-refractivity contribution in [2.45, 2.75) is 39.5 Å². The maximum absolute atomic E-state index is 6.25. The summed E-state index contributed by atoms with van der Waals surface area (Å²) in [6.07, 6.45) is 1.83. The molecule has 116 valence electrons. The zero-order chi connectivity index (χ0) is 15.7. The molecule has 0 aliphatic heterocycles. The van der Waals surface area contributed by atoms with Crippen molar-refractivity contribution in [3.8, 4) is 0 Å². The van der Waals surface area contributed by atoms with Crippen molar-refractivity contribution >= 4 is 21.9 Å². The number of hydrogen-bond acceptors (Lipinski definition) is 4. The number of hydrogen-bond donors (Lipinski definition) is 1. The molecule has 5 nitrogen and oxygen atoms in total. The Morgan fingerprint density at radius 3 is 2.73 bits per heavy atom. The highest BCUT2D eigenvalue weighted by atomic mass is 16.5. The molecule has 1 aromatic carbocycles. The van der Waals surface area contributed by atoms with Crippen molar-refractivity contribution in [3.63, 3.8) is 0 Å². The number of aromatic nitrogens is 3. The quantitative estimate of drug-likeness (QED) is 0.786. The number of para-hydroxylation sites is 1. The number of ether oxygens (including phenoxy) is 1. The van der Waals surface area contributed by atoms with Crippen LogP contribution in [0.1, 0.15) is 26.6 Å². The van der Waals surface area contributed by atoms with Crippen LogP contribution >= 0.6 is 0 Å². The zero-order valence-corrected chi connectivity index (χ0v) is 13.3. The molecule has 0 bridgehead atoms. The predicted molar refractivity (Wildman–Crippen MR) is 88.6 cm³/mol. The highest BCUT2D eigenvalue weighted by molar-refractivity contribution is 6.02. The average molecular weight is 298 g/mol. The molecule has 2 heterocycles. The number of fused-ring (bicyclic) bond motifs is 3. The first kappa shape index (κ1) is 14.9. The second kappa shape index (κ2) is 5.66. The van der Waals surface area contributed by atoms with Crippen molar-refractivity contribution < 1.29 is 4.74 Å². The molecule has 0 atom stereocenters. The van der Waals surface area contributed by atoms with Gasteiger partial charge in [-0.2, -0.15) is 0 Å². The Bertz CT molecular complexity index is 801. The van der Waals surface area contributed by atoms with Crippen molar-refractivity contribution in [1.82, 2.24) is 14.5 Å². The van der Waals surface area contributed by atoms with Crippen LogP contribution in [0.3, 0.4) is 0 Å². The molecular weight excluding hydrogens is 276 g/mol. The Morgan fingerprint density at radius 2 is 2.00 bits per heavy atom. The summed E-state index contributed by atoms with van der Waals surface area (Å²) < 4.78 is 7.75. The largest absolute Gasteiger partial charge is 0.374 e. The number of rotatable bonds is 5. The molecule has 0 amide bonds. The van der Waals surface area contributed by atoms with Gasteiger partial charge in [0.05, 0.1) is 17.2 Å². The van der Waals surface area contributed by atoms with Crippen LogP contribution in [0.25, 0.3) is 21.9 Å². The summed E-state index contributed by atoms with van der Waals surface area (Å²) >= 11 is 0. The van der Waals surface area contributed by atoms with E-state index in [9.17, 15) is 0 Å². The molecule has 0 radical (unpaired) electrons. The van der Waals surface area contributed by atoms with E-state index in [4.69, 9.17) is 15.5 Å². The fourth-order valence-corrected chi connectivity index (χ4v) is 2.69. The molecule has 5 heteroatoms. The van der Waals surface area contributed by atoms with E-state index in [1.165, 1.54) is 0 Å². The zero-order valence-electron chi connectivity index (χ0n) is 13.3. The minimum atomic E-state index is -0.334. The first-order valence-electron chi connectivity index (χ1n) is 7.59. The number of benzene rings is 1. The van der Waals surface area contributed by atoms with Crippen LogP contribution in [0.4, 0.5) is 0 Å². The average Bonchev–Trinajstić information content (AvgIpc) is 2.81. The maximum atomic E-state index is 6.25. The third-order valence-corrected chi connectivity index (χ3v) is 3.56. The molecule has 0 aliphatic carbocycles. The molecule has 0 fully saturated rings. The van der Waals surface area contributed by atoms with Crippen LogP contribution in [0.2, 0.25) is 0 Å². The molecule has 0 spiro atoms. The van der Waals surface area contributed by atoms with Crippen LogP contribution in [0.15, 0.2) is 30.5 Å². The normalized spacial score (nSPS) is 12.4. The molecular formula is C17H22N4O. The molecule has 3 rings (SSSR count). The number of nitrogens with zero attached hydrogens (tertiary/aromatic N) is 3. The Morgan fingerprint density at radius 1 is 1.23 bits per heavy atom. The Hall–Kier alpha value is -1.98. The van der Waals surface area contributed by atoms with Crippen molar-refractivity contribution in [2.24, 2.45) is 5.73 Å². The standard InChI is InChI=1S/C17H22N4O/c1-4-22-10-15-20-14-9-19-13-8-6-5-7-12(13)16(14)21(15)11-17(2,3)18/h5-9H,4,10-11,18H2,1-3H3. The monoisotopic (exact) mass is 298 g/mol. The number of nitrogens with two attached hydrogens (primary N) is 1. The summed E-state index contributed by atoms with van der Waals surface area (Å²) in [4.78, 5) is 9.20. The molecule has 2 N–H and O–H groups in total. The first-order valence-corrected chi connectivity index (χ1v) is 7.59. The van der Waals surface area contributed by atoms with Crippen LogP contribution in [-0.2, 0) is 17.9 Å². The van der Waals surface area contributed by atoms with Gasteiger partial charge in [0.15, 0.2) is 0 Å². The van der Waals surface area contributed by atoms with E-state index in [0.29, 0.717) is 19.8 Å². The van der Waals surface area contributed by atoms with Gasteiger partial charge in [-0.3, -0.25) is 4.98 Å². The minimum absolute atomic E-state index is 0.334. The van der Waals surface area contributed by atoms with Crippen molar-refractivity contribution in [3.05, 3.63) is 36.3 Å². The van der Waals surface area contributed by atoms with E-state index in [2.05, 4.69) is 15.6 Å². The van der Waals surface area contributed by atoms with Gasteiger partial charge in [-0.05, 0) is 26.8 Å². The van der Waals surface area contributed by atoms with E-state index >= 15 is 0 Å². The lowest BCUT2D eigenvalue weighted by Crippen LogP contribution is -2.37. The summed E-state index contributed by atoms with van der Waals surface area (Å²) in [6.45, 7) is 7.85. The SMILES string of the molecule is CCOCc1nc2cnc3ccccc3c2n1CC(C)(C)N. The molecule has 3 aromatic rings. The van der Waals surface area contributed by atoms with Crippen molar-refractivity contribution in [2.75, 3.05) is 6.61 Å². The second-order valence-corrected chi connectivity index (χ2v) is 6.25. The van der Waals surface area contributed by atoms with Gasteiger partial charge in [0.1, 0.15) is 17.9 Å². The third-order valence-electron chi connectivity index (χ3n) is 3.56. The lowest BCUT2D eigenvalue weighted by molar-refractivity contribution is 0.125. The summed E-state index contributed by atoms with van der Waals surface area (Å²) in [7, 11) is 0. The number of imidazole rings is 1. The summed E-state index contributed by atoms with van der Waals surface area (Å²) in [5, 5.41) is 1.10. The molecule has 0 saturated heterocycles. The first-order chi connectivity index (χ1) is 10.5. The Kier molecular flexibility index (Phi) is 3.85. The van der Waals surface area contributed by atoms with Gasteiger partial charge in [0.2, 0.25) is 0 Å². The summed E-state index contributed by atoms with van der Waals surface area (Å²) in [6, 6.07) is 8.12. The molecule has 22 heavy (non-hydrogen) atoms. The van der Waals surface area contributed by atoms with Crippen LogP contribution in [0.5, 0.6) is 0 Å². The Balaban J connectivity index is 2.26. The third kappa shape index (κ3) is 2.82. The van der Waals surface area contributed by atoms with E-state index in [1.54, 1.807) is 0 Å². The molecule has 0 aliphatic rings. The van der Waals surface area contributed by atoms with Crippen molar-refractivity contribution in [1.29, 1.82) is 0 Å². The van der Waals surface area contributed by atoms with Gasteiger partial charge in [-0.1, -0.05) is 18.2 Å². The lowest BCUT2D eigenvalue weighted by atomic mass is 10.1. The van der Waals surface area contributed by atoms with Gasteiger partial charge in [-0.15, -0.1) is 0 Å². The predicted octanol–water partition coefficient (Wildman–Crippen LogP) is 2.86. The van der Waals surface area contributed by atoms with Gasteiger partial charge < -0.3 is 15.0 Å². The van der Waals surface area contributed by atoms with E-state index in [1.807, 2.05) is 45.2 Å². The molecule has 2 aromatic heterocycles. The van der Waals surface area contributed by atoms with E-state index in [-0.39, 0.29) is 5.54 Å². The maximum Gasteiger partial charge on any atom is 0.136 e. The molecule has 0 saturated carbocycles. The summed E-state index contributed by atoms with van der Waals surface area (Å²) in [5.74, 6) is 0.897. The highest BCUT2D eigenvalue weighted by Crippen LogP contribution is 2.26. The smallest absolute Gasteiger partial charge is 0.136 e. The molecule has 0 unspecified atom stereocenters. The highest BCUT2D eigenvalue weighted by Gasteiger charge is 2.19. The van der Waals surface area contributed by atoms with Crippen LogP contribution in [-0.4, -0.2) is 26.7 Å². The number of pyridine rings is 1. The van der Waals surface area contributed by atoms with Gasteiger partial charge in [0, 0.05) is 24.1 Å². The Labute approximate surface area is 130 Å². The van der Waals surface area contributed by atoms with E-state index < -0.39 is 0 Å². The van der Waals surface area contributed by atoms with Gasteiger partial charge in [-0.25, -0.2) is 4.98 Å². The van der Waals surface area contributed by atoms with E-state index in [0.717, 1.165) is 27.8 Å². The minimum Gasteiger partial charge on any atom is -0.374 e. The van der Waals surface area contributed by atoms with Gasteiger partial charge >= 0.3 is 0 Å². The summed E-state index contributed by atoms with van der Waals surface area (Å²) in [5.41, 5.74) is 8.86.